The molecule has 0 aliphatic rings. The number of carboxylic acid groups (broad SMARTS) is 1. The van der Waals surface area contributed by atoms with Crippen LogP contribution in [0.4, 0.5) is 4.79 Å². The number of halogens is 1. The number of aliphatic carboxylic acids is 1. The second kappa shape index (κ2) is 9.00. The van der Waals surface area contributed by atoms with Crippen molar-refractivity contribution in [2.75, 3.05) is 6.61 Å². The molecule has 24 heavy (non-hydrogen) atoms. The molecule has 1 N–H and O–H groups in total. The molecule has 0 aliphatic heterocycles. The molecule has 1 aromatic rings. The van der Waals surface area contributed by atoms with Crippen molar-refractivity contribution in [1.29, 1.82) is 0 Å². The van der Waals surface area contributed by atoms with Gasteiger partial charge < -0.3 is 14.6 Å². The number of benzene rings is 1. The van der Waals surface area contributed by atoms with Crippen molar-refractivity contribution in [2.24, 2.45) is 4.99 Å². The maximum absolute atomic E-state index is 11.7. The van der Waals surface area contributed by atoms with Crippen LogP contribution in [0.1, 0.15) is 39.7 Å². The Morgan fingerprint density at radius 1 is 1.29 bits per heavy atom. The van der Waals surface area contributed by atoms with Crippen LogP contribution in [0.5, 0.6) is 5.75 Å². The Morgan fingerprint density at radius 2 is 1.96 bits per heavy atom. The Balaban J connectivity index is 2.91. The molecule has 0 fully saturated rings. The van der Waals surface area contributed by atoms with Crippen molar-refractivity contribution in [1.82, 2.24) is 0 Å². The van der Waals surface area contributed by atoms with Gasteiger partial charge in [-0.1, -0.05) is 13.0 Å². The minimum atomic E-state index is -1.25. The summed E-state index contributed by atoms with van der Waals surface area (Å²) in [6, 6.07) is 5.37. The fourth-order valence-corrected chi connectivity index (χ4v) is 2.47. The van der Waals surface area contributed by atoms with Crippen molar-refractivity contribution in [2.45, 2.75) is 46.1 Å². The van der Waals surface area contributed by atoms with Crippen molar-refractivity contribution in [3.05, 3.63) is 27.3 Å². The smallest absolute Gasteiger partial charge is 0.434 e. The topological polar surface area (TPSA) is 85.2 Å². The fourth-order valence-electron chi connectivity index (χ4n) is 1.73. The molecule has 0 atom stereocenters. The van der Waals surface area contributed by atoms with E-state index < -0.39 is 17.7 Å². The SMILES string of the molecule is CCCOc1ccc(CC(=NC(=O)OC(C)(C)C)C(=O)O)cc1I. The van der Waals surface area contributed by atoms with Gasteiger partial charge in [-0.25, -0.2) is 9.59 Å². The van der Waals surface area contributed by atoms with E-state index in [0.29, 0.717) is 6.61 Å². The molecule has 0 radical (unpaired) electrons. The number of nitrogens with zero attached hydrogens (tertiary/aromatic N) is 1. The van der Waals surface area contributed by atoms with Gasteiger partial charge >= 0.3 is 12.1 Å². The predicted octanol–water partition coefficient (Wildman–Crippen LogP) is 4.08. The summed E-state index contributed by atoms with van der Waals surface area (Å²) in [5, 5.41) is 9.26. The highest BCUT2D eigenvalue weighted by molar-refractivity contribution is 14.1. The van der Waals surface area contributed by atoms with Crippen LogP contribution in [0.3, 0.4) is 0 Å². The summed E-state index contributed by atoms with van der Waals surface area (Å²) in [5.41, 5.74) is -0.257. The molecule has 0 heterocycles. The molecule has 0 saturated carbocycles. The van der Waals surface area contributed by atoms with Gasteiger partial charge in [0.15, 0.2) is 0 Å². The molecule has 0 saturated heterocycles. The molecule has 0 unspecified atom stereocenters. The van der Waals surface area contributed by atoms with E-state index in [9.17, 15) is 14.7 Å². The van der Waals surface area contributed by atoms with Crippen molar-refractivity contribution in [3.8, 4) is 5.75 Å². The van der Waals surface area contributed by atoms with E-state index in [2.05, 4.69) is 27.6 Å². The molecular weight excluding hydrogens is 425 g/mol. The van der Waals surface area contributed by atoms with Crippen LogP contribution in [0.2, 0.25) is 0 Å². The van der Waals surface area contributed by atoms with Gasteiger partial charge in [0.2, 0.25) is 0 Å². The predicted molar refractivity (Wildman–Crippen MR) is 100.0 cm³/mol. The number of hydrogen-bond acceptors (Lipinski definition) is 4. The quantitative estimate of drug-likeness (QED) is 0.525. The molecule has 0 spiro atoms. The molecule has 0 bridgehead atoms. The van der Waals surface area contributed by atoms with E-state index >= 15 is 0 Å². The highest BCUT2D eigenvalue weighted by Gasteiger charge is 2.19. The lowest BCUT2D eigenvalue weighted by molar-refractivity contribution is -0.129. The first-order valence-corrected chi connectivity index (χ1v) is 8.65. The van der Waals surface area contributed by atoms with Crippen molar-refractivity contribution < 1.29 is 24.2 Å². The molecule has 0 aromatic heterocycles. The summed E-state index contributed by atoms with van der Waals surface area (Å²) >= 11 is 2.13. The van der Waals surface area contributed by atoms with Crippen LogP contribution in [0.15, 0.2) is 23.2 Å². The molecule has 1 aromatic carbocycles. The van der Waals surface area contributed by atoms with E-state index in [1.165, 1.54) is 0 Å². The summed E-state index contributed by atoms with van der Waals surface area (Å²) in [6.45, 7) is 7.72. The Kier molecular flexibility index (Phi) is 7.65. The van der Waals surface area contributed by atoms with E-state index in [4.69, 9.17) is 9.47 Å². The average Bonchev–Trinajstić information content (AvgIpc) is 2.43. The molecule has 7 heteroatoms. The number of carboxylic acids is 1. The Hall–Kier alpha value is -1.64. The van der Waals surface area contributed by atoms with Crippen LogP contribution in [0, 0.1) is 3.57 Å². The number of carbonyl (C=O) groups is 2. The Labute approximate surface area is 155 Å². The van der Waals surface area contributed by atoms with E-state index in [-0.39, 0.29) is 12.1 Å². The summed E-state index contributed by atoms with van der Waals surface area (Å²) in [7, 11) is 0. The first-order chi connectivity index (χ1) is 11.1. The van der Waals surface area contributed by atoms with Crippen molar-refractivity contribution >= 4 is 40.4 Å². The van der Waals surface area contributed by atoms with Gasteiger partial charge in [0.25, 0.3) is 0 Å². The first-order valence-electron chi connectivity index (χ1n) is 7.57. The average molecular weight is 447 g/mol. The molecule has 6 nitrogen and oxygen atoms in total. The zero-order valence-corrected chi connectivity index (χ0v) is 16.4. The zero-order chi connectivity index (χ0) is 18.3. The zero-order valence-electron chi connectivity index (χ0n) is 14.3. The normalized spacial score (nSPS) is 12.0. The lowest BCUT2D eigenvalue weighted by atomic mass is 10.1. The maximum atomic E-state index is 11.7. The maximum Gasteiger partial charge on any atom is 0.434 e. The number of rotatable bonds is 6. The highest BCUT2D eigenvalue weighted by Crippen LogP contribution is 2.23. The van der Waals surface area contributed by atoms with Gasteiger partial charge in [-0.05, 0) is 67.5 Å². The second-order valence-electron chi connectivity index (χ2n) is 6.13. The lowest BCUT2D eigenvalue weighted by Crippen LogP contribution is -2.24. The third-order valence-electron chi connectivity index (χ3n) is 2.70. The van der Waals surface area contributed by atoms with E-state index in [0.717, 1.165) is 21.3 Å². The summed E-state index contributed by atoms with van der Waals surface area (Å²) < 4.78 is 11.5. The van der Waals surface area contributed by atoms with Gasteiger partial charge in [-0.3, -0.25) is 0 Å². The molecule has 1 amide bonds. The van der Waals surface area contributed by atoms with Crippen LogP contribution in [-0.4, -0.2) is 35.1 Å². The summed E-state index contributed by atoms with van der Waals surface area (Å²) in [6.07, 6.45) is 0.0276. The molecular formula is C17H22INO5. The minimum absolute atomic E-state index is 0.0264. The fraction of sp³-hybridized carbons (Fsp3) is 0.471. The lowest BCUT2D eigenvalue weighted by Gasteiger charge is -2.17. The highest BCUT2D eigenvalue weighted by atomic mass is 127. The van der Waals surface area contributed by atoms with Gasteiger partial charge in [0, 0.05) is 6.42 Å². The van der Waals surface area contributed by atoms with Crippen molar-refractivity contribution in [3.63, 3.8) is 0 Å². The molecule has 0 aliphatic carbocycles. The van der Waals surface area contributed by atoms with Gasteiger partial charge in [0.1, 0.15) is 17.1 Å². The van der Waals surface area contributed by atoms with Crippen LogP contribution < -0.4 is 4.74 Å². The summed E-state index contributed by atoms with van der Waals surface area (Å²) in [5.74, 6) is -0.496. The summed E-state index contributed by atoms with van der Waals surface area (Å²) in [4.78, 5) is 26.6. The van der Waals surface area contributed by atoms with Crippen LogP contribution in [-0.2, 0) is 16.0 Å². The molecule has 1 rings (SSSR count). The number of carbonyl (C=O) groups excluding carboxylic acids is 1. The van der Waals surface area contributed by atoms with Gasteiger partial charge in [0.05, 0.1) is 10.2 Å². The van der Waals surface area contributed by atoms with E-state index in [1.54, 1.807) is 32.9 Å². The number of amides is 1. The monoisotopic (exact) mass is 447 g/mol. The van der Waals surface area contributed by atoms with E-state index in [1.807, 2.05) is 13.0 Å². The molecule has 132 valence electrons. The third kappa shape index (κ3) is 7.29. The van der Waals surface area contributed by atoms with Gasteiger partial charge in [-0.2, -0.15) is 4.99 Å². The number of aliphatic imine (C=N–C) groups is 1. The minimum Gasteiger partial charge on any atom is -0.492 e. The second-order valence-corrected chi connectivity index (χ2v) is 7.30. The first kappa shape index (κ1) is 20.4. The third-order valence-corrected chi connectivity index (χ3v) is 3.54. The Bertz CT molecular complexity index is 634. The van der Waals surface area contributed by atoms with Crippen LogP contribution >= 0.6 is 22.6 Å². The Morgan fingerprint density at radius 3 is 2.46 bits per heavy atom. The van der Waals surface area contributed by atoms with Gasteiger partial charge in [-0.15, -0.1) is 0 Å². The standard InChI is InChI=1S/C17H22INO5/c1-5-8-23-14-7-6-11(9-12(14)18)10-13(15(20)21)19-16(22)24-17(2,3)4/h6-7,9H,5,8,10H2,1-4H3,(H,20,21). The number of ether oxygens (including phenoxy) is 2. The largest absolute Gasteiger partial charge is 0.492 e. The van der Waals surface area contributed by atoms with Crippen LogP contribution in [0.25, 0.3) is 0 Å². The number of hydrogen-bond donors (Lipinski definition) is 1.